The second kappa shape index (κ2) is 6.31. The number of hydrogen-bond donors (Lipinski definition) is 1. The first kappa shape index (κ1) is 15.8. The van der Waals surface area contributed by atoms with Crippen molar-refractivity contribution in [3.8, 4) is 0 Å². The van der Waals surface area contributed by atoms with Gasteiger partial charge in [-0.15, -0.1) is 11.3 Å². The zero-order valence-corrected chi connectivity index (χ0v) is 14.2. The van der Waals surface area contributed by atoms with E-state index in [0.717, 1.165) is 32.5 Å². The van der Waals surface area contributed by atoms with Gasteiger partial charge < -0.3 is 9.84 Å². The Kier molecular flexibility index (Phi) is 4.16. The average Bonchev–Trinajstić information content (AvgIpc) is 3.18. The molecule has 5 rings (SSSR count). The Bertz CT molecular complexity index is 695. The van der Waals surface area contributed by atoms with Gasteiger partial charge in [0.25, 0.3) is 0 Å². The van der Waals surface area contributed by atoms with Crippen LogP contribution < -0.4 is 0 Å². The van der Waals surface area contributed by atoms with Gasteiger partial charge in [-0.3, -0.25) is 4.90 Å². The highest BCUT2D eigenvalue weighted by Crippen LogP contribution is 2.36. The van der Waals surface area contributed by atoms with Crippen molar-refractivity contribution in [2.75, 3.05) is 19.6 Å². The van der Waals surface area contributed by atoms with Crippen molar-refractivity contribution in [1.82, 2.24) is 4.90 Å². The van der Waals surface area contributed by atoms with E-state index in [4.69, 9.17) is 4.74 Å². The third-order valence-electron chi connectivity index (χ3n) is 5.22. The zero-order valence-electron chi connectivity index (χ0n) is 13.4. The summed E-state index contributed by atoms with van der Waals surface area (Å²) < 4.78 is 5.84. The summed E-state index contributed by atoms with van der Waals surface area (Å²) in [4.78, 5) is 16.0. The minimum Gasteiger partial charge on any atom is -0.458 e. The Hall–Kier alpha value is -1.69. The first-order valence-corrected chi connectivity index (χ1v) is 9.31. The van der Waals surface area contributed by atoms with Gasteiger partial charge in [-0.1, -0.05) is 36.4 Å². The molecule has 4 heterocycles. The maximum atomic E-state index is 13.0. The molecule has 3 aliphatic rings. The fourth-order valence-corrected chi connectivity index (χ4v) is 4.62. The van der Waals surface area contributed by atoms with E-state index >= 15 is 0 Å². The highest BCUT2D eigenvalue weighted by molar-refractivity contribution is 7.10. The van der Waals surface area contributed by atoms with Crippen LogP contribution in [-0.2, 0) is 15.1 Å². The van der Waals surface area contributed by atoms with Crippen LogP contribution in [0.1, 0.15) is 23.3 Å². The third kappa shape index (κ3) is 2.66. The largest absolute Gasteiger partial charge is 0.458 e. The molecule has 126 valence electrons. The number of carbonyl (C=O) groups excluding carboxylic acids is 1. The van der Waals surface area contributed by atoms with Crippen LogP contribution in [0.15, 0.2) is 47.8 Å². The normalized spacial score (nSPS) is 28.3. The molecule has 1 N–H and O–H groups in total. The number of nitrogens with zero attached hydrogens (tertiary/aromatic N) is 1. The van der Waals surface area contributed by atoms with Gasteiger partial charge in [0.2, 0.25) is 5.60 Å². The van der Waals surface area contributed by atoms with E-state index in [1.165, 1.54) is 11.3 Å². The summed E-state index contributed by atoms with van der Waals surface area (Å²) in [5, 5.41) is 13.2. The predicted octanol–water partition coefficient (Wildman–Crippen LogP) is 2.62. The molecule has 2 atom stereocenters. The molecule has 0 aliphatic carbocycles. The summed E-state index contributed by atoms with van der Waals surface area (Å²) in [5.74, 6) is -0.141. The molecular formula is C19H21NO3S. The van der Waals surface area contributed by atoms with Gasteiger partial charge in [0.1, 0.15) is 6.10 Å². The molecule has 2 aromatic rings. The van der Waals surface area contributed by atoms with Gasteiger partial charge in [-0.25, -0.2) is 4.79 Å². The SMILES string of the molecule is O=C(O[C@H]1CN2CCC1CC2)[C@@](O)(c1ccccc1)c1cccs1. The molecule has 24 heavy (non-hydrogen) atoms. The molecule has 4 nitrogen and oxygen atoms in total. The molecular weight excluding hydrogens is 322 g/mol. The van der Waals surface area contributed by atoms with E-state index in [2.05, 4.69) is 4.90 Å². The lowest BCUT2D eigenvalue weighted by Crippen LogP contribution is -2.53. The number of ether oxygens (including phenoxy) is 1. The van der Waals surface area contributed by atoms with Crippen LogP contribution >= 0.6 is 11.3 Å². The number of benzene rings is 1. The van der Waals surface area contributed by atoms with Crippen molar-refractivity contribution in [2.45, 2.75) is 24.5 Å². The lowest BCUT2D eigenvalue weighted by atomic mass is 9.85. The van der Waals surface area contributed by atoms with E-state index in [1.807, 2.05) is 29.6 Å². The summed E-state index contributed by atoms with van der Waals surface area (Å²) in [6.07, 6.45) is 2.02. The van der Waals surface area contributed by atoms with Crippen molar-refractivity contribution < 1.29 is 14.6 Å². The molecule has 0 amide bonds. The first-order chi connectivity index (χ1) is 11.7. The molecule has 3 aliphatic heterocycles. The van der Waals surface area contributed by atoms with Crippen LogP contribution in [-0.4, -0.2) is 41.7 Å². The number of esters is 1. The van der Waals surface area contributed by atoms with Crippen LogP contribution in [0, 0.1) is 5.92 Å². The lowest BCUT2D eigenvalue weighted by molar-refractivity contribution is -0.176. The number of hydrogen-bond acceptors (Lipinski definition) is 5. The second-order valence-electron chi connectivity index (χ2n) is 6.64. The number of piperidine rings is 3. The van der Waals surface area contributed by atoms with E-state index in [-0.39, 0.29) is 6.10 Å². The predicted molar refractivity (Wildman–Crippen MR) is 92.8 cm³/mol. The van der Waals surface area contributed by atoms with Crippen molar-refractivity contribution in [3.63, 3.8) is 0 Å². The summed E-state index contributed by atoms with van der Waals surface area (Å²) in [6.45, 7) is 2.96. The molecule has 2 bridgehead atoms. The Morgan fingerprint density at radius 3 is 2.50 bits per heavy atom. The van der Waals surface area contributed by atoms with Crippen LogP contribution in [0.2, 0.25) is 0 Å². The molecule has 0 spiro atoms. The van der Waals surface area contributed by atoms with Crippen LogP contribution in [0.3, 0.4) is 0 Å². The van der Waals surface area contributed by atoms with Crippen molar-refractivity contribution in [2.24, 2.45) is 5.92 Å². The average molecular weight is 343 g/mol. The van der Waals surface area contributed by atoms with E-state index in [0.29, 0.717) is 16.4 Å². The number of rotatable bonds is 4. The fraction of sp³-hybridized carbons (Fsp3) is 0.421. The molecule has 3 saturated heterocycles. The number of carbonyl (C=O) groups is 1. The fourth-order valence-electron chi connectivity index (χ4n) is 3.79. The van der Waals surface area contributed by atoms with Crippen molar-refractivity contribution in [3.05, 3.63) is 58.3 Å². The molecule has 0 unspecified atom stereocenters. The van der Waals surface area contributed by atoms with Gasteiger partial charge >= 0.3 is 5.97 Å². The van der Waals surface area contributed by atoms with Gasteiger partial charge in [0.05, 0.1) is 4.88 Å². The monoisotopic (exact) mass is 343 g/mol. The summed E-state index contributed by atoms with van der Waals surface area (Å²) >= 11 is 1.37. The summed E-state index contributed by atoms with van der Waals surface area (Å²) in [7, 11) is 0. The highest BCUT2D eigenvalue weighted by Gasteiger charge is 2.46. The number of aliphatic hydroxyl groups is 1. The van der Waals surface area contributed by atoms with Gasteiger partial charge in [0, 0.05) is 12.1 Å². The van der Waals surface area contributed by atoms with E-state index < -0.39 is 11.6 Å². The molecule has 0 saturated carbocycles. The third-order valence-corrected chi connectivity index (χ3v) is 6.20. The zero-order chi connectivity index (χ0) is 16.6. The van der Waals surface area contributed by atoms with Gasteiger partial charge in [-0.05, 0) is 43.3 Å². The van der Waals surface area contributed by atoms with E-state index in [1.54, 1.807) is 18.2 Å². The van der Waals surface area contributed by atoms with Gasteiger partial charge in [0.15, 0.2) is 0 Å². The molecule has 5 heteroatoms. The standard InChI is InChI=1S/C19H21NO3S/c21-18(23-16-13-20-10-8-14(16)9-11-20)19(22,17-7-4-12-24-17)15-5-2-1-3-6-15/h1-7,12,14,16,22H,8-11,13H2/t16-,19+/m0/s1. The lowest BCUT2D eigenvalue weighted by Gasteiger charge is -2.44. The number of fused-ring (bicyclic) bond motifs is 3. The maximum Gasteiger partial charge on any atom is 0.348 e. The summed E-state index contributed by atoms with van der Waals surface area (Å²) in [6, 6.07) is 12.7. The quantitative estimate of drug-likeness (QED) is 0.867. The Morgan fingerprint density at radius 2 is 1.92 bits per heavy atom. The van der Waals surface area contributed by atoms with E-state index in [9.17, 15) is 9.90 Å². The smallest absolute Gasteiger partial charge is 0.348 e. The topological polar surface area (TPSA) is 49.8 Å². The summed E-state index contributed by atoms with van der Waals surface area (Å²) in [5.41, 5.74) is -1.18. The maximum absolute atomic E-state index is 13.0. The van der Waals surface area contributed by atoms with Crippen molar-refractivity contribution >= 4 is 17.3 Å². The minimum atomic E-state index is -1.73. The molecule has 1 aromatic heterocycles. The first-order valence-electron chi connectivity index (χ1n) is 8.43. The highest BCUT2D eigenvalue weighted by atomic mass is 32.1. The number of thiophene rings is 1. The minimum absolute atomic E-state index is 0.116. The van der Waals surface area contributed by atoms with Crippen molar-refractivity contribution in [1.29, 1.82) is 0 Å². The second-order valence-corrected chi connectivity index (χ2v) is 7.58. The van der Waals surface area contributed by atoms with Gasteiger partial charge in [-0.2, -0.15) is 0 Å². The Balaban J connectivity index is 1.63. The molecule has 0 radical (unpaired) electrons. The molecule has 1 aromatic carbocycles. The van der Waals surface area contributed by atoms with Crippen LogP contribution in [0.4, 0.5) is 0 Å². The Morgan fingerprint density at radius 1 is 1.17 bits per heavy atom. The Labute approximate surface area is 145 Å². The van der Waals surface area contributed by atoms with Crippen LogP contribution in [0.5, 0.6) is 0 Å². The van der Waals surface area contributed by atoms with Crippen LogP contribution in [0.25, 0.3) is 0 Å². The molecule has 3 fully saturated rings.